The standard InChI is InChI=1S/C24H24ClFN4O3S2/c1-15-12-18(25)14-21-23(15)27-24(34-21)29(9-10-30-17(3)13-16(2)28-30)22(31)8-11-35(32,33)20-6-4-19(26)5-7-20/h4-7,12-14H,8-11H2,1-3H3. The Bertz CT molecular complexity index is 1500. The van der Waals surface area contributed by atoms with Gasteiger partial charge in [-0.25, -0.2) is 17.8 Å². The molecule has 184 valence electrons. The first-order valence-corrected chi connectivity index (χ1v) is 13.7. The normalized spacial score (nSPS) is 11.8. The summed E-state index contributed by atoms with van der Waals surface area (Å²) in [7, 11) is -3.76. The summed E-state index contributed by atoms with van der Waals surface area (Å²) in [5.74, 6) is -1.30. The van der Waals surface area contributed by atoms with Gasteiger partial charge in [-0.15, -0.1) is 0 Å². The van der Waals surface area contributed by atoms with E-state index in [0.717, 1.165) is 39.3 Å². The number of nitrogens with zero attached hydrogens (tertiary/aromatic N) is 4. The summed E-state index contributed by atoms with van der Waals surface area (Å²) < 4.78 is 41.3. The summed E-state index contributed by atoms with van der Waals surface area (Å²) in [5.41, 5.74) is 3.47. The molecule has 1 amide bonds. The van der Waals surface area contributed by atoms with Crippen LogP contribution in [0.5, 0.6) is 0 Å². The van der Waals surface area contributed by atoms with Gasteiger partial charge in [0.1, 0.15) is 5.82 Å². The monoisotopic (exact) mass is 534 g/mol. The molecule has 2 heterocycles. The number of halogens is 2. The smallest absolute Gasteiger partial charge is 0.229 e. The molecule has 0 N–H and O–H groups in total. The molecule has 0 aliphatic rings. The molecule has 0 unspecified atom stereocenters. The third-order valence-corrected chi connectivity index (χ3v) is 8.54. The summed E-state index contributed by atoms with van der Waals surface area (Å²) in [4.78, 5) is 19.5. The molecule has 0 saturated heterocycles. The van der Waals surface area contributed by atoms with E-state index in [1.54, 1.807) is 10.7 Å². The fraction of sp³-hybridized carbons (Fsp3) is 0.292. The zero-order valence-electron chi connectivity index (χ0n) is 19.5. The number of anilines is 1. The van der Waals surface area contributed by atoms with E-state index in [2.05, 4.69) is 10.1 Å². The number of hydrogen-bond acceptors (Lipinski definition) is 6. The quantitative estimate of drug-likeness (QED) is 0.293. The lowest BCUT2D eigenvalue weighted by molar-refractivity contribution is -0.118. The van der Waals surface area contributed by atoms with Gasteiger partial charge in [-0.1, -0.05) is 22.9 Å². The lowest BCUT2D eigenvalue weighted by Crippen LogP contribution is -2.35. The highest BCUT2D eigenvalue weighted by Crippen LogP contribution is 2.33. The Morgan fingerprint density at radius 3 is 2.51 bits per heavy atom. The van der Waals surface area contributed by atoms with Gasteiger partial charge in [0.25, 0.3) is 0 Å². The molecule has 2 aromatic carbocycles. The van der Waals surface area contributed by atoms with Crippen LogP contribution in [0.1, 0.15) is 23.4 Å². The first kappa shape index (κ1) is 25.3. The maximum absolute atomic E-state index is 13.3. The molecule has 0 aliphatic carbocycles. The van der Waals surface area contributed by atoms with Gasteiger partial charge in [0.2, 0.25) is 5.91 Å². The molecule has 4 aromatic rings. The van der Waals surface area contributed by atoms with Crippen LogP contribution in [0, 0.1) is 26.6 Å². The Morgan fingerprint density at radius 1 is 1.14 bits per heavy atom. The second-order valence-electron chi connectivity index (χ2n) is 8.28. The summed E-state index contributed by atoms with van der Waals surface area (Å²) in [5, 5.41) is 5.50. The Balaban J connectivity index is 1.60. The second-order valence-corrected chi connectivity index (χ2v) is 11.8. The number of amides is 1. The van der Waals surface area contributed by atoms with Crippen LogP contribution in [-0.4, -0.2) is 41.4 Å². The molecular formula is C24H24ClFN4O3S2. The van der Waals surface area contributed by atoms with Crippen LogP contribution in [-0.2, 0) is 21.2 Å². The molecule has 7 nitrogen and oxygen atoms in total. The summed E-state index contributed by atoms with van der Waals surface area (Å²) >= 11 is 7.53. The number of sulfone groups is 1. The first-order chi connectivity index (χ1) is 16.5. The fourth-order valence-corrected chi connectivity index (χ4v) is 6.49. The number of benzene rings is 2. The van der Waals surface area contributed by atoms with Gasteiger partial charge in [0.15, 0.2) is 15.0 Å². The van der Waals surface area contributed by atoms with E-state index in [1.807, 2.05) is 32.9 Å². The molecule has 4 rings (SSSR count). The van der Waals surface area contributed by atoms with Crippen LogP contribution >= 0.6 is 22.9 Å². The lowest BCUT2D eigenvalue weighted by atomic mass is 10.2. The fourth-order valence-electron chi connectivity index (χ4n) is 3.80. The highest BCUT2D eigenvalue weighted by atomic mass is 35.5. The molecule has 11 heteroatoms. The van der Waals surface area contributed by atoms with Gasteiger partial charge in [-0.05, 0) is 68.8 Å². The molecular weight excluding hydrogens is 511 g/mol. The summed E-state index contributed by atoms with van der Waals surface area (Å²) in [6.07, 6.45) is -0.244. The van der Waals surface area contributed by atoms with Crippen LogP contribution in [0.4, 0.5) is 9.52 Å². The Labute approximate surface area is 212 Å². The van der Waals surface area contributed by atoms with Gasteiger partial charge in [-0.2, -0.15) is 5.10 Å². The van der Waals surface area contributed by atoms with Crippen LogP contribution in [0.3, 0.4) is 0 Å². The minimum absolute atomic E-state index is 0.0221. The molecule has 0 saturated carbocycles. The molecule has 0 atom stereocenters. The number of rotatable bonds is 8. The van der Waals surface area contributed by atoms with Gasteiger partial charge >= 0.3 is 0 Å². The molecule has 0 aliphatic heterocycles. The van der Waals surface area contributed by atoms with Crippen molar-refractivity contribution in [2.24, 2.45) is 0 Å². The van der Waals surface area contributed by atoms with Crippen LogP contribution in [0.15, 0.2) is 47.4 Å². The van der Waals surface area contributed by atoms with Crippen molar-refractivity contribution in [2.75, 3.05) is 17.2 Å². The van der Waals surface area contributed by atoms with E-state index in [9.17, 15) is 17.6 Å². The van der Waals surface area contributed by atoms with Crippen molar-refractivity contribution in [2.45, 2.75) is 38.6 Å². The topological polar surface area (TPSA) is 85.2 Å². The van der Waals surface area contributed by atoms with Crippen molar-refractivity contribution in [1.29, 1.82) is 0 Å². The van der Waals surface area contributed by atoms with Crippen molar-refractivity contribution in [3.05, 3.63) is 70.3 Å². The van der Waals surface area contributed by atoms with E-state index in [1.165, 1.54) is 28.4 Å². The number of fused-ring (bicyclic) bond motifs is 1. The number of thiazole rings is 1. The largest absolute Gasteiger partial charge is 0.286 e. The third-order valence-electron chi connectivity index (χ3n) is 5.57. The van der Waals surface area contributed by atoms with E-state index in [4.69, 9.17) is 11.6 Å². The van der Waals surface area contributed by atoms with E-state index in [-0.39, 0.29) is 23.8 Å². The Hall–Kier alpha value is -2.82. The van der Waals surface area contributed by atoms with Gasteiger partial charge in [-0.3, -0.25) is 14.4 Å². The average Bonchev–Trinajstić information content (AvgIpc) is 3.35. The van der Waals surface area contributed by atoms with Gasteiger partial charge in [0, 0.05) is 23.7 Å². The molecule has 2 aromatic heterocycles. The van der Waals surface area contributed by atoms with Crippen LogP contribution in [0.2, 0.25) is 5.02 Å². The highest BCUT2D eigenvalue weighted by Gasteiger charge is 2.24. The average molecular weight is 535 g/mol. The number of hydrogen-bond donors (Lipinski definition) is 0. The molecule has 0 bridgehead atoms. The maximum atomic E-state index is 13.3. The van der Waals surface area contributed by atoms with Crippen molar-refractivity contribution in [3.8, 4) is 0 Å². The van der Waals surface area contributed by atoms with Gasteiger partial charge < -0.3 is 0 Å². The lowest BCUT2D eigenvalue weighted by Gasteiger charge is -2.20. The van der Waals surface area contributed by atoms with Crippen LogP contribution in [0.25, 0.3) is 10.2 Å². The predicted octanol–water partition coefficient (Wildman–Crippen LogP) is 5.11. The van der Waals surface area contributed by atoms with Crippen molar-refractivity contribution in [1.82, 2.24) is 14.8 Å². The number of carbonyl (C=O) groups excluding carboxylic acids is 1. The number of carbonyl (C=O) groups is 1. The third kappa shape index (κ3) is 5.71. The highest BCUT2D eigenvalue weighted by molar-refractivity contribution is 7.91. The number of aromatic nitrogens is 3. The Kier molecular flexibility index (Phi) is 7.25. The maximum Gasteiger partial charge on any atom is 0.229 e. The van der Waals surface area contributed by atoms with Crippen molar-refractivity contribution in [3.63, 3.8) is 0 Å². The van der Waals surface area contributed by atoms with E-state index < -0.39 is 21.4 Å². The zero-order valence-corrected chi connectivity index (χ0v) is 21.8. The minimum atomic E-state index is -3.76. The molecule has 0 radical (unpaired) electrons. The molecule has 0 spiro atoms. The summed E-state index contributed by atoms with van der Waals surface area (Å²) in [6.45, 7) is 6.42. The SMILES string of the molecule is Cc1cc(C)n(CCN(C(=O)CCS(=O)(=O)c2ccc(F)cc2)c2nc3c(C)cc(Cl)cc3s2)n1. The minimum Gasteiger partial charge on any atom is -0.286 e. The predicted molar refractivity (Wildman–Crippen MR) is 136 cm³/mol. The zero-order chi connectivity index (χ0) is 25.3. The molecule has 0 fully saturated rings. The second kappa shape index (κ2) is 10.0. The van der Waals surface area contributed by atoms with Crippen molar-refractivity contribution < 1.29 is 17.6 Å². The van der Waals surface area contributed by atoms with E-state index in [0.29, 0.717) is 16.7 Å². The first-order valence-electron chi connectivity index (χ1n) is 10.9. The molecule has 35 heavy (non-hydrogen) atoms. The van der Waals surface area contributed by atoms with Gasteiger partial charge in [0.05, 0.1) is 33.1 Å². The van der Waals surface area contributed by atoms with Crippen LogP contribution < -0.4 is 4.90 Å². The Morgan fingerprint density at radius 2 is 1.86 bits per heavy atom. The van der Waals surface area contributed by atoms with Crippen molar-refractivity contribution >= 4 is 54.0 Å². The van der Waals surface area contributed by atoms with E-state index >= 15 is 0 Å². The summed E-state index contributed by atoms with van der Waals surface area (Å²) in [6, 6.07) is 10.1. The number of aryl methyl sites for hydroxylation is 3.